The fourth-order valence-corrected chi connectivity index (χ4v) is 3.62. The van der Waals surface area contributed by atoms with Crippen LogP contribution in [0.1, 0.15) is 17.9 Å². The van der Waals surface area contributed by atoms with Crippen molar-refractivity contribution < 1.29 is 8.78 Å². The van der Waals surface area contributed by atoms with Gasteiger partial charge in [-0.15, -0.1) is 0 Å². The van der Waals surface area contributed by atoms with Gasteiger partial charge in [-0.25, -0.2) is 8.78 Å². The van der Waals surface area contributed by atoms with Crippen molar-refractivity contribution in [2.75, 3.05) is 18.0 Å². The lowest BCUT2D eigenvalue weighted by Gasteiger charge is -2.34. The molecule has 1 N–H and O–H groups in total. The van der Waals surface area contributed by atoms with Crippen LogP contribution in [0.5, 0.6) is 0 Å². The Kier molecular flexibility index (Phi) is 2.93. The van der Waals surface area contributed by atoms with Crippen LogP contribution < -0.4 is 10.2 Å². The molecule has 108 valence electrons. The third-order valence-electron chi connectivity index (χ3n) is 4.53. The van der Waals surface area contributed by atoms with Crippen molar-refractivity contribution in [3.63, 3.8) is 0 Å². The van der Waals surface area contributed by atoms with E-state index in [2.05, 4.69) is 10.2 Å². The molecule has 0 saturated carbocycles. The average Bonchev–Trinajstić information content (AvgIpc) is 2.82. The quantitative estimate of drug-likeness (QED) is 0.862. The largest absolute Gasteiger partial charge is 0.337 e. The van der Waals surface area contributed by atoms with Crippen LogP contribution in [-0.4, -0.2) is 19.1 Å². The maximum absolute atomic E-state index is 13.6. The molecule has 2 heterocycles. The maximum Gasteiger partial charge on any atom is 0.123 e. The summed E-state index contributed by atoms with van der Waals surface area (Å²) >= 11 is 0. The summed E-state index contributed by atoms with van der Waals surface area (Å²) in [5.41, 5.74) is 3.07. The molecule has 1 unspecified atom stereocenters. The van der Waals surface area contributed by atoms with Gasteiger partial charge in [-0.3, -0.25) is 0 Å². The smallest absolute Gasteiger partial charge is 0.123 e. The van der Waals surface area contributed by atoms with Crippen molar-refractivity contribution in [1.29, 1.82) is 0 Å². The molecule has 4 rings (SSSR count). The molecule has 0 radical (unpaired) electrons. The number of piperidine rings is 1. The number of nitrogens with one attached hydrogen (secondary N) is 1. The Labute approximate surface area is 122 Å². The Morgan fingerprint density at radius 1 is 1.00 bits per heavy atom. The number of benzene rings is 2. The number of halogens is 2. The molecule has 2 aromatic rings. The predicted octanol–water partition coefficient (Wildman–Crippen LogP) is 3.56. The molecule has 0 spiro atoms. The fourth-order valence-electron chi connectivity index (χ4n) is 3.62. The van der Waals surface area contributed by atoms with Crippen molar-refractivity contribution in [3.05, 3.63) is 59.7 Å². The first-order valence-corrected chi connectivity index (χ1v) is 7.29. The first-order chi connectivity index (χ1) is 10.2. The highest BCUT2D eigenvalue weighted by Crippen LogP contribution is 2.47. The second kappa shape index (κ2) is 4.81. The van der Waals surface area contributed by atoms with E-state index in [1.54, 1.807) is 18.2 Å². The number of hydrogen-bond acceptors (Lipinski definition) is 2. The van der Waals surface area contributed by atoms with Gasteiger partial charge >= 0.3 is 0 Å². The second-order valence-corrected chi connectivity index (χ2v) is 5.72. The zero-order chi connectivity index (χ0) is 14.4. The molecule has 1 fully saturated rings. The minimum Gasteiger partial charge on any atom is -0.337 e. The van der Waals surface area contributed by atoms with Crippen LogP contribution >= 0.6 is 0 Å². The Balaban J connectivity index is 1.84. The van der Waals surface area contributed by atoms with Crippen LogP contribution in [0.4, 0.5) is 20.2 Å². The molecule has 2 aliphatic rings. The minimum atomic E-state index is -0.237. The number of hydrogen-bond donors (Lipinski definition) is 1. The van der Waals surface area contributed by atoms with Gasteiger partial charge in [0.2, 0.25) is 0 Å². The maximum atomic E-state index is 13.6. The third kappa shape index (κ3) is 2.02. The standard InChI is InChI=1S/C17H16F2N2/c18-11-1-4-13(5-2-11)21-16-6-3-12(19)9-14(16)15-10-20-8-7-17(15)21/h1-6,9,15,17,20H,7-8,10H2/t15?,17-/m1/s1. The van der Waals surface area contributed by atoms with Crippen molar-refractivity contribution in [2.45, 2.75) is 18.4 Å². The third-order valence-corrected chi connectivity index (χ3v) is 4.53. The lowest BCUT2D eigenvalue weighted by Crippen LogP contribution is -2.42. The monoisotopic (exact) mass is 286 g/mol. The van der Waals surface area contributed by atoms with E-state index < -0.39 is 0 Å². The van der Waals surface area contributed by atoms with E-state index in [-0.39, 0.29) is 17.6 Å². The number of rotatable bonds is 1. The van der Waals surface area contributed by atoms with E-state index in [4.69, 9.17) is 0 Å². The van der Waals surface area contributed by atoms with Crippen LogP contribution in [0.25, 0.3) is 0 Å². The van der Waals surface area contributed by atoms with Gasteiger partial charge in [-0.05, 0) is 61.0 Å². The molecule has 2 aliphatic heterocycles. The summed E-state index contributed by atoms with van der Waals surface area (Å²) in [5.74, 6) is -0.146. The molecule has 1 saturated heterocycles. The summed E-state index contributed by atoms with van der Waals surface area (Å²) < 4.78 is 26.8. The first kappa shape index (κ1) is 12.8. The van der Waals surface area contributed by atoms with Gasteiger partial charge in [0.25, 0.3) is 0 Å². The number of nitrogens with zero attached hydrogens (tertiary/aromatic N) is 1. The van der Waals surface area contributed by atoms with Crippen molar-refractivity contribution in [3.8, 4) is 0 Å². The molecule has 0 aliphatic carbocycles. The van der Waals surface area contributed by atoms with Crippen molar-refractivity contribution >= 4 is 11.4 Å². The molecule has 21 heavy (non-hydrogen) atoms. The van der Waals surface area contributed by atoms with Crippen LogP contribution in [0.2, 0.25) is 0 Å². The number of fused-ring (bicyclic) bond motifs is 3. The second-order valence-electron chi connectivity index (χ2n) is 5.72. The van der Waals surface area contributed by atoms with E-state index in [9.17, 15) is 8.78 Å². The van der Waals surface area contributed by atoms with Gasteiger partial charge in [-0.1, -0.05) is 0 Å². The van der Waals surface area contributed by atoms with Crippen LogP contribution in [0.3, 0.4) is 0 Å². The van der Waals surface area contributed by atoms with Gasteiger partial charge in [0, 0.05) is 29.9 Å². The van der Waals surface area contributed by atoms with Crippen LogP contribution in [0, 0.1) is 11.6 Å². The van der Waals surface area contributed by atoms with E-state index in [1.807, 2.05) is 6.07 Å². The predicted molar refractivity (Wildman–Crippen MR) is 79.0 cm³/mol. The highest BCUT2D eigenvalue weighted by Gasteiger charge is 2.40. The molecular formula is C17H16F2N2. The normalized spacial score (nSPS) is 23.8. The lowest BCUT2D eigenvalue weighted by molar-refractivity contribution is 0.419. The molecular weight excluding hydrogens is 270 g/mol. The van der Waals surface area contributed by atoms with Crippen molar-refractivity contribution in [1.82, 2.24) is 5.32 Å². The van der Waals surface area contributed by atoms with Gasteiger partial charge < -0.3 is 10.2 Å². The van der Waals surface area contributed by atoms with E-state index in [0.29, 0.717) is 6.04 Å². The zero-order valence-electron chi connectivity index (χ0n) is 11.5. The Morgan fingerprint density at radius 2 is 1.76 bits per heavy atom. The van der Waals surface area contributed by atoms with Gasteiger partial charge in [0.15, 0.2) is 0 Å². The average molecular weight is 286 g/mol. The molecule has 0 bridgehead atoms. The first-order valence-electron chi connectivity index (χ1n) is 7.29. The lowest BCUT2D eigenvalue weighted by atomic mass is 9.90. The molecule has 2 aromatic carbocycles. The Morgan fingerprint density at radius 3 is 2.57 bits per heavy atom. The van der Waals surface area contributed by atoms with Crippen molar-refractivity contribution in [2.24, 2.45) is 0 Å². The Bertz CT molecular complexity index is 669. The summed E-state index contributed by atoms with van der Waals surface area (Å²) in [6, 6.07) is 11.9. The van der Waals surface area contributed by atoms with E-state index in [0.717, 1.165) is 36.4 Å². The summed E-state index contributed by atoms with van der Waals surface area (Å²) in [6.07, 6.45) is 0.998. The molecule has 2 nitrogen and oxygen atoms in total. The topological polar surface area (TPSA) is 15.3 Å². The van der Waals surface area contributed by atoms with Gasteiger partial charge in [0.05, 0.1) is 0 Å². The number of anilines is 2. The minimum absolute atomic E-state index is 0.195. The summed E-state index contributed by atoms with van der Waals surface area (Å²) in [6.45, 7) is 1.81. The van der Waals surface area contributed by atoms with Gasteiger partial charge in [-0.2, -0.15) is 0 Å². The zero-order valence-corrected chi connectivity index (χ0v) is 11.5. The molecule has 0 amide bonds. The fraction of sp³-hybridized carbons (Fsp3) is 0.294. The van der Waals surface area contributed by atoms with Gasteiger partial charge in [0.1, 0.15) is 11.6 Å². The van der Waals surface area contributed by atoms with E-state index >= 15 is 0 Å². The SMILES string of the molecule is Fc1ccc(N2c3ccc(F)cc3C3CNCC[C@H]32)cc1. The molecule has 2 atom stereocenters. The van der Waals surface area contributed by atoms with Crippen LogP contribution in [0.15, 0.2) is 42.5 Å². The van der Waals surface area contributed by atoms with Crippen LogP contribution in [-0.2, 0) is 0 Å². The Hall–Kier alpha value is -1.94. The summed E-state index contributed by atoms with van der Waals surface area (Å²) in [5, 5.41) is 3.39. The summed E-state index contributed by atoms with van der Waals surface area (Å²) in [7, 11) is 0. The highest BCUT2D eigenvalue weighted by molar-refractivity contribution is 5.73. The molecule has 4 heteroatoms. The molecule has 0 aromatic heterocycles. The summed E-state index contributed by atoms with van der Waals surface area (Å²) in [4.78, 5) is 2.24. The van der Waals surface area contributed by atoms with E-state index in [1.165, 1.54) is 18.2 Å². The highest BCUT2D eigenvalue weighted by atomic mass is 19.1.